The van der Waals surface area contributed by atoms with Gasteiger partial charge >= 0.3 is 8.03 Å². The summed E-state index contributed by atoms with van der Waals surface area (Å²) in [5.74, 6) is 2.17. The van der Waals surface area contributed by atoms with Crippen molar-refractivity contribution in [3.05, 3.63) is 90.0 Å². The molecule has 0 spiro atoms. The van der Waals surface area contributed by atoms with Crippen LogP contribution in [0.3, 0.4) is 0 Å². The number of hydrogen-bond donors (Lipinski definition) is 3. The van der Waals surface area contributed by atoms with Crippen LogP contribution in [0.1, 0.15) is 43.2 Å². The molecule has 7 nitrogen and oxygen atoms in total. The number of rotatable bonds is 15. The van der Waals surface area contributed by atoms with E-state index in [2.05, 4.69) is 5.32 Å². The van der Waals surface area contributed by atoms with E-state index in [1.54, 1.807) is 0 Å². The number of aliphatic hydroxyl groups excluding tert-OH is 1. The first-order valence-electron chi connectivity index (χ1n) is 13.7. The summed E-state index contributed by atoms with van der Waals surface area (Å²) >= 11 is 0. The van der Waals surface area contributed by atoms with Crippen molar-refractivity contribution in [3.8, 4) is 17.2 Å². The van der Waals surface area contributed by atoms with Gasteiger partial charge in [-0.15, -0.1) is 0 Å². The molecular formula is C31H39NO6P+. The molecule has 0 radical (unpaired) electrons. The lowest BCUT2D eigenvalue weighted by atomic mass is 9.89. The Kier molecular flexibility index (Phi) is 11.2. The third-order valence-corrected chi connectivity index (χ3v) is 8.49. The van der Waals surface area contributed by atoms with Crippen molar-refractivity contribution in [2.75, 3.05) is 26.3 Å². The number of benzene rings is 3. The van der Waals surface area contributed by atoms with Gasteiger partial charge in [0.05, 0.1) is 0 Å². The summed E-state index contributed by atoms with van der Waals surface area (Å²) in [5.41, 5.74) is 2.26. The second kappa shape index (κ2) is 15.0. The van der Waals surface area contributed by atoms with Crippen LogP contribution >= 0.6 is 8.03 Å². The van der Waals surface area contributed by atoms with Gasteiger partial charge in [-0.1, -0.05) is 48.9 Å². The van der Waals surface area contributed by atoms with Crippen LogP contribution in [0.25, 0.3) is 0 Å². The monoisotopic (exact) mass is 552 g/mol. The highest BCUT2D eigenvalue weighted by Gasteiger charge is 2.50. The lowest BCUT2D eigenvalue weighted by Gasteiger charge is -2.25. The fourth-order valence-corrected chi connectivity index (χ4v) is 5.57. The summed E-state index contributed by atoms with van der Waals surface area (Å²) in [6.07, 6.45) is 4.76. The largest absolute Gasteiger partial charge is 0.515 e. The van der Waals surface area contributed by atoms with Crippen LogP contribution in [-0.4, -0.2) is 47.6 Å². The molecule has 0 aliphatic heterocycles. The molecule has 3 aromatic rings. The molecule has 1 aliphatic rings. The van der Waals surface area contributed by atoms with E-state index in [1.807, 2.05) is 78.9 Å². The molecule has 1 fully saturated rings. The van der Waals surface area contributed by atoms with Gasteiger partial charge in [-0.25, -0.2) is 0 Å². The zero-order valence-electron chi connectivity index (χ0n) is 22.3. The van der Waals surface area contributed by atoms with Gasteiger partial charge in [0.15, 0.2) is 0 Å². The molecule has 0 aromatic heterocycles. The zero-order valence-corrected chi connectivity index (χ0v) is 23.2. The maximum atomic E-state index is 12.0. The summed E-state index contributed by atoms with van der Waals surface area (Å²) < 4.78 is 29.4. The minimum atomic E-state index is -2.27. The van der Waals surface area contributed by atoms with Gasteiger partial charge in [0.2, 0.25) is 5.16 Å². The summed E-state index contributed by atoms with van der Waals surface area (Å²) in [7, 11) is -2.27. The first kappa shape index (κ1) is 29.0. The molecule has 0 saturated heterocycles. The Balaban J connectivity index is 1.09. The Hall–Kier alpha value is -2.96. The SMILES string of the molecule is O=[P+](O)C1(COc2ccc(CCNCC(O)COc3ccc(OCc4ccccc4)cc3)cc2)CCCCC1. The van der Waals surface area contributed by atoms with Crippen LogP contribution in [-0.2, 0) is 17.6 Å². The summed E-state index contributed by atoms with van der Waals surface area (Å²) in [6.45, 7) is 2.15. The Morgan fingerprint density at radius 3 is 2.08 bits per heavy atom. The molecule has 1 saturated carbocycles. The summed E-state index contributed by atoms with van der Waals surface area (Å²) in [6, 6.07) is 25.3. The Bertz CT molecular complexity index is 1130. The Labute approximate surface area is 232 Å². The van der Waals surface area contributed by atoms with E-state index in [9.17, 15) is 14.6 Å². The summed E-state index contributed by atoms with van der Waals surface area (Å²) in [4.78, 5) is 9.85. The average molecular weight is 553 g/mol. The van der Waals surface area contributed by atoms with Gasteiger partial charge in [0.25, 0.3) is 0 Å². The maximum absolute atomic E-state index is 12.0. The lowest BCUT2D eigenvalue weighted by Crippen LogP contribution is -2.34. The van der Waals surface area contributed by atoms with Gasteiger partial charge in [0.1, 0.15) is 43.2 Å². The Morgan fingerprint density at radius 2 is 1.41 bits per heavy atom. The molecule has 1 aliphatic carbocycles. The third kappa shape index (κ3) is 9.33. The van der Waals surface area contributed by atoms with Gasteiger partial charge in [0, 0.05) is 19.4 Å². The predicted octanol–water partition coefficient (Wildman–Crippen LogP) is 5.65. The van der Waals surface area contributed by atoms with Crippen molar-refractivity contribution in [1.82, 2.24) is 5.32 Å². The first-order valence-corrected chi connectivity index (χ1v) is 14.9. The maximum Gasteiger partial charge on any atom is 0.515 e. The second-order valence-electron chi connectivity index (χ2n) is 10.2. The van der Waals surface area contributed by atoms with Crippen molar-refractivity contribution < 1.29 is 28.8 Å². The van der Waals surface area contributed by atoms with Gasteiger partial charge in [-0.2, -0.15) is 4.89 Å². The van der Waals surface area contributed by atoms with E-state index in [4.69, 9.17) is 14.2 Å². The quantitative estimate of drug-likeness (QED) is 0.166. The highest BCUT2D eigenvalue weighted by atomic mass is 31.1. The number of aliphatic hydroxyl groups is 1. The van der Waals surface area contributed by atoms with Crippen molar-refractivity contribution in [1.29, 1.82) is 0 Å². The van der Waals surface area contributed by atoms with Crippen LogP contribution in [0, 0.1) is 0 Å². The molecule has 0 bridgehead atoms. The molecule has 8 heteroatoms. The molecule has 0 heterocycles. The normalized spacial score (nSPS) is 15.8. The van der Waals surface area contributed by atoms with Crippen LogP contribution in [0.5, 0.6) is 17.2 Å². The van der Waals surface area contributed by atoms with Crippen molar-refractivity contribution >= 4 is 8.03 Å². The molecule has 3 aromatic carbocycles. The molecule has 2 atom stereocenters. The number of ether oxygens (including phenoxy) is 3. The standard InChI is InChI=1S/C31H38NO6P/c33-27(23-37-29-15-13-28(14-16-29)36-22-26-7-3-1-4-8-26)21-32-20-17-25-9-11-30(12-10-25)38-24-31(39(34)35)18-5-2-6-19-31/h1,3-4,7-16,27,32-33H,2,5-6,17-24H2/p+1. The fraction of sp³-hybridized carbons (Fsp3) is 0.419. The fourth-order valence-electron chi connectivity index (χ4n) is 4.70. The van der Waals surface area contributed by atoms with Crippen molar-refractivity contribution in [2.45, 2.75) is 56.4 Å². The van der Waals surface area contributed by atoms with Gasteiger partial charge in [-0.05, 0) is 77.9 Å². The highest BCUT2D eigenvalue weighted by molar-refractivity contribution is 7.40. The molecule has 3 N–H and O–H groups in total. The molecule has 208 valence electrons. The molecular weight excluding hydrogens is 513 g/mol. The second-order valence-corrected chi connectivity index (χ2v) is 11.6. The van der Waals surface area contributed by atoms with Gasteiger partial charge < -0.3 is 24.6 Å². The van der Waals surface area contributed by atoms with Gasteiger partial charge in [-0.3, -0.25) is 0 Å². The zero-order chi connectivity index (χ0) is 27.3. The van der Waals surface area contributed by atoms with Crippen LogP contribution in [0.2, 0.25) is 0 Å². The third-order valence-electron chi connectivity index (χ3n) is 7.11. The topological polar surface area (TPSA) is 97.3 Å². The van der Waals surface area contributed by atoms with Crippen molar-refractivity contribution in [3.63, 3.8) is 0 Å². The molecule has 4 rings (SSSR count). The van der Waals surface area contributed by atoms with E-state index in [-0.39, 0.29) is 13.2 Å². The van der Waals surface area contributed by atoms with E-state index in [1.165, 1.54) is 0 Å². The van der Waals surface area contributed by atoms with E-state index in [0.29, 0.717) is 18.9 Å². The lowest BCUT2D eigenvalue weighted by molar-refractivity contribution is 0.106. The first-order chi connectivity index (χ1) is 19.0. The molecule has 2 unspecified atom stereocenters. The minimum absolute atomic E-state index is 0.199. The smallest absolute Gasteiger partial charge is 0.491 e. The Morgan fingerprint density at radius 1 is 0.795 bits per heavy atom. The van der Waals surface area contributed by atoms with E-state index >= 15 is 0 Å². The average Bonchev–Trinajstić information content (AvgIpc) is 2.98. The van der Waals surface area contributed by atoms with E-state index in [0.717, 1.165) is 67.7 Å². The number of nitrogens with one attached hydrogen (secondary N) is 1. The van der Waals surface area contributed by atoms with Crippen LogP contribution in [0.4, 0.5) is 0 Å². The minimum Gasteiger partial charge on any atom is -0.491 e. The predicted molar refractivity (Wildman–Crippen MR) is 153 cm³/mol. The van der Waals surface area contributed by atoms with Crippen molar-refractivity contribution in [2.24, 2.45) is 0 Å². The van der Waals surface area contributed by atoms with E-state index < -0.39 is 19.3 Å². The summed E-state index contributed by atoms with van der Waals surface area (Å²) in [5, 5.41) is 12.9. The molecule has 0 amide bonds. The molecule has 39 heavy (non-hydrogen) atoms. The number of hydrogen-bond acceptors (Lipinski definition) is 6. The van der Waals surface area contributed by atoms with Crippen LogP contribution < -0.4 is 19.5 Å². The highest BCUT2D eigenvalue weighted by Crippen LogP contribution is 2.46. The van der Waals surface area contributed by atoms with Crippen LogP contribution in [0.15, 0.2) is 78.9 Å².